The van der Waals surface area contributed by atoms with Gasteiger partial charge < -0.3 is 5.73 Å². The van der Waals surface area contributed by atoms with Gasteiger partial charge in [-0.05, 0) is 56.3 Å². The fraction of sp³-hybridized carbons (Fsp3) is 0.579. The van der Waals surface area contributed by atoms with Gasteiger partial charge in [-0.3, -0.25) is 4.90 Å². The zero-order valence-corrected chi connectivity index (χ0v) is 13.1. The van der Waals surface area contributed by atoms with Gasteiger partial charge in [-0.2, -0.15) is 0 Å². The van der Waals surface area contributed by atoms with Crippen LogP contribution in [0.5, 0.6) is 0 Å². The molecule has 0 amide bonds. The molecule has 114 valence electrons. The first-order chi connectivity index (χ1) is 10.3. The fourth-order valence-electron chi connectivity index (χ4n) is 4.32. The SMILES string of the molecule is C=CCC1(N)c2ccccc2CCC1N1CCCCCC1. The molecule has 1 saturated heterocycles. The summed E-state index contributed by atoms with van der Waals surface area (Å²) in [4.78, 5) is 2.67. The molecule has 2 nitrogen and oxygen atoms in total. The van der Waals surface area contributed by atoms with Gasteiger partial charge in [0.15, 0.2) is 0 Å². The van der Waals surface area contributed by atoms with E-state index in [1.807, 2.05) is 6.08 Å². The maximum Gasteiger partial charge on any atom is 0.0604 e. The van der Waals surface area contributed by atoms with E-state index in [-0.39, 0.29) is 5.54 Å². The average Bonchev–Trinajstić information content (AvgIpc) is 2.77. The topological polar surface area (TPSA) is 29.3 Å². The Labute approximate surface area is 129 Å². The number of fused-ring (bicyclic) bond motifs is 1. The first kappa shape index (κ1) is 14.8. The highest BCUT2D eigenvalue weighted by Crippen LogP contribution is 2.39. The van der Waals surface area contributed by atoms with E-state index in [2.05, 4.69) is 35.7 Å². The molecule has 2 unspecified atom stereocenters. The van der Waals surface area contributed by atoms with Crippen LogP contribution in [0.15, 0.2) is 36.9 Å². The van der Waals surface area contributed by atoms with Crippen LogP contribution in [0.1, 0.15) is 49.7 Å². The zero-order valence-electron chi connectivity index (χ0n) is 13.1. The normalized spacial score (nSPS) is 30.4. The predicted molar refractivity (Wildman–Crippen MR) is 89.3 cm³/mol. The van der Waals surface area contributed by atoms with Crippen LogP contribution in [0.2, 0.25) is 0 Å². The highest BCUT2D eigenvalue weighted by atomic mass is 15.2. The zero-order chi connectivity index (χ0) is 14.7. The van der Waals surface area contributed by atoms with E-state index < -0.39 is 0 Å². The van der Waals surface area contributed by atoms with Crippen LogP contribution in [0.25, 0.3) is 0 Å². The molecule has 2 aliphatic rings. The molecule has 1 fully saturated rings. The predicted octanol–water partition coefficient (Wildman–Crippen LogP) is 3.61. The Kier molecular flexibility index (Phi) is 4.46. The number of likely N-dealkylation sites (tertiary alicyclic amines) is 1. The van der Waals surface area contributed by atoms with Crippen molar-refractivity contribution in [2.75, 3.05) is 13.1 Å². The largest absolute Gasteiger partial charge is 0.320 e. The van der Waals surface area contributed by atoms with E-state index in [0.29, 0.717) is 6.04 Å². The van der Waals surface area contributed by atoms with E-state index >= 15 is 0 Å². The van der Waals surface area contributed by atoms with Gasteiger partial charge in [0, 0.05) is 6.04 Å². The molecule has 0 spiro atoms. The van der Waals surface area contributed by atoms with Crippen molar-refractivity contribution < 1.29 is 0 Å². The lowest BCUT2D eigenvalue weighted by Crippen LogP contribution is -2.58. The minimum Gasteiger partial charge on any atom is -0.320 e. The Hall–Kier alpha value is -1.12. The van der Waals surface area contributed by atoms with Crippen molar-refractivity contribution >= 4 is 0 Å². The molecule has 1 aromatic rings. The second-order valence-electron chi connectivity index (χ2n) is 6.69. The molecule has 1 aliphatic carbocycles. The Morgan fingerprint density at radius 1 is 1.19 bits per heavy atom. The van der Waals surface area contributed by atoms with Crippen molar-refractivity contribution in [3.63, 3.8) is 0 Å². The maximum atomic E-state index is 6.99. The van der Waals surface area contributed by atoms with Crippen molar-refractivity contribution in [2.24, 2.45) is 5.73 Å². The number of aryl methyl sites for hydroxylation is 1. The van der Waals surface area contributed by atoms with Crippen LogP contribution < -0.4 is 5.73 Å². The van der Waals surface area contributed by atoms with Crippen LogP contribution in [-0.4, -0.2) is 24.0 Å². The second kappa shape index (κ2) is 6.33. The number of hydrogen-bond acceptors (Lipinski definition) is 2. The molecule has 3 rings (SSSR count). The van der Waals surface area contributed by atoms with Crippen molar-refractivity contribution in [2.45, 2.75) is 56.5 Å². The first-order valence-electron chi connectivity index (χ1n) is 8.48. The van der Waals surface area contributed by atoms with Crippen LogP contribution in [-0.2, 0) is 12.0 Å². The molecule has 0 aromatic heterocycles. The van der Waals surface area contributed by atoms with Gasteiger partial charge in [0.25, 0.3) is 0 Å². The summed E-state index contributed by atoms with van der Waals surface area (Å²) in [6, 6.07) is 9.22. The molecule has 2 atom stereocenters. The molecule has 0 saturated carbocycles. The Morgan fingerprint density at radius 3 is 2.62 bits per heavy atom. The fourth-order valence-corrected chi connectivity index (χ4v) is 4.32. The summed E-state index contributed by atoms with van der Waals surface area (Å²) in [6.07, 6.45) is 10.6. The number of rotatable bonds is 3. The minimum atomic E-state index is -0.263. The summed E-state index contributed by atoms with van der Waals surface area (Å²) in [7, 11) is 0. The van der Waals surface area contributed by atoms with E-state index in [9.17, 15) is 0 Å². The number of nitrogens with zero attached hydrogens (tertiary/aromatic N) is 1. The van der Waals surface area contributed by atoms with E-state index in [1.165, 1.54) is 56.3 Å². The maximum absolute atomic E-state index is 6.99. The van der Waals surface area contributed by atoms with Crippen molar-refractivity contribution in [3.05, 3.63) is 48.0 Å². The smallest absolute Gasteiger partial charge is 0.0604 e. The molecule has 21 heavy (non-hydrogen) atoms. The highest BCUT2D eigenvalue weighted by Gasteiger charge is 2.42. The molecular weight excluding hydrogens is 256 g/mol. The van der Waals surface area contributed by atoms with Gasteiger partial charge in [0.05, 0.1) is 5.54 Å². The molecule has 1 aromatic carbocycles. The lowest BCUT2D eigenvalue weighted by molar-refractivity contribution is 0.105. The Bertz CT molecular complexity index is 488. The summed E-state index contributed by atoms with van der Waals surface area (Å²) in [6.45, 7) is 6.39. The molecule has 1 heterocycles. The van der Waals surface area contributed by atoms with Crippen LogP contribution >= 0.6 is 0 Å². The minimum absolute atomic E-state index is 0.263. The molecule has 0 radical (unpaired) electrons. The van der Waals surface area contributed by atoms with Gasteiger partial charge in [0.1, 0.15) is 0 Å². The lowest BCUT2D eigenvalue weighted by Gasteiger charge is -2.47. The van der Waals surface area contributed by atoms with Crippen LogP contribution in [0, 0.1) is 0 Å². The van der Waals surface area contributed by atoms with Gasteiger partial charge in [-0.25, -0.2) is 0 Å². The quantitative estimate of drug-likeness (QED) is 0.859. The molecule has 1 aliphatic heterocycles. The van der Waals surface area contributed by atoms with E-state index in [1.54, 1.807) is 0 Å². The van der Waals surface area contributed by atoms with Crippen molar-refractivity contribution in [1.82, 2.24) is 4.90 Å². The van der Waals surface area contributed by atoms with Gasteiger partial charge in [-0.15, -0.1) is 6.58 Å². The van der Waals surface area contributed by atoms with Gasteiger partial charge in [-0.1, -0.05) is 43.2 Å². The first-order valence-corrected chi connectivity index (χ1v) is 8.48. The van der Waals surface area contributed by atoms with Crippen molar-refractivity contribution in [3.8, 4) is 0 Å². The molecular formula is C19H28N2. The second-order valence-corrected chi connectivity index (χ2v) is 6.69. The summed E-state index contributed by atoms with van der Waals surface area (Å²) in [5.41, 5.74) is 9.52. The Morgan fingerprint density at radius 2 is 1.90 bits per heavy atom. The van der Waals surface area contributed by atoms with Crippen LogP contribution in [0.3, 0.4) is 0 Å². The third-order valence-electron chi connectivity index (χ3n) is 5.36. The molecule has 2 heteroatoms. The molecule has 2 N–H and O–H groups in total. The summed E-state index contributed by atoms with van der Waals surface area (Å²) in [5, 5.41) is 0. The van der Waals surface area contributed by atoms with Crippen LogP contribution in [0.4, 0.5) is 0 Å². The third kappa shape index (κ3) is 2.79. The van der Waals surface area contributed by atoms with Gasteiger partial charge in [0.2, 0.25) is 0 Å². The average molecular weight is 284 g/mol. The van der Waals surface area contributed by atoms with E-state index in [4.69, 9.17) is 5.73 Å². The highest BCUT2D eigenvalue weighted by molar-refractivity contribution is 5.38. The summed E-state index contributed by atoms with van der Waals surface area (Å²) >= 11 is 0. The summed E-state index contributed by atoms with van der Waals surface area (Å²) < 4.78 is 0. The standard InChI is InChI=1S/C19H28N2/c1-2-13-19(20)17-10-6-5-9-16(17)11-12-18(19)21-14-7-3-4-8-15-21/h2,5-6,9-10,18H,1,3-4,7-8,11-15,20H2. The summed E-state index contributed by atoms with van der Waals surface area (Å²) in [5.74, 6) is 0. The lowest BCUT2D eigenvalue weighted by atomic mass is 9.71. The van der Waals surface area contributed by atoms with Gasteiger partial charge >= 0.3 is 0 Å². The van der Waals surface area contributed by atoms with E-state index in [0.717, 1.165) is 12.8 Å². The number of hydrogen-bond donors (Lipinski definition) is 1. The third-order valence-corrected chi connectivity index (χ3v) is 5.36. The number of nitrogens with two attached hydrogens (primary N) is 1. The van der Waals surface area contributed by atoms with Crippen molar-refractivity contribution in [1.29, 1.82) is 0 Å². The molecule has 0 bridgehead atoms. The number of benzene rings is 1. The monoisotopic (exact) mass is 284 g/mol. The Balaban J connectivity index is 1.94.